The summed E-state index contributed by atoms with van der Waals surface area (Å²) in [5.41, 5.74) is 2.49. The first-order valence-corrected chi connectivity index (χ1v) is 10.3. The lowest BCUT2D eigenvalue weighted by Gasteiger charge is -2.43. The summed E-state index contributed by atoms with van der Waals surface area (Å²) in [7, 11) is 0. The van der Waals surface area contributed by atoms with Crippen LogP contribution in [0, 0.1) is 19.3 Å². The van der Waals surface area contributed by atoms with E-state index >= 15 is 0 Å². The Kier molecular flexibility index (Phi) is 3.66. The van der Waals surface area contributed by atoms with Gasteiger partial charge in [0.2, 0.25) is 0 Å². The van der Waals surface area contributed by atoms with Gasteiger partial charge in [0.25, 0.3) is 0 Å². The second kappa shape index (κ2) is 5.38. The molecule has 0 aromatic carbocycles. The van der Waals surface area contributed by atoms with Crippen LogP contribution in [0.25, 0.3) is 9.40 Å². The predicted octanol–water partition coefficient (Wildman–Crippen LogP) is 7.19. The zero-order valence-electron chi connectivity index (χ0n) is 13.3. The molecular formula is C19H26S2. The number of hydrogen-bond acceptors (Lipinski definition) is 2. The maximum absolute atomic E-state index is 2.40. The third-order valence-electron chi connectivity index (χ3n) is 6.08. The van der Waals surface area contributed by atoms with Crippen molar-refractivity contribution in [3.8, 4) is 0 Å². The highest BCUT2D eigenvalue weighted by atomic mass is 32.1. The monoisotopic (exact) mass is 318 g/mol. The molecule has 114 valence electrons. The summed E-state index contributed by atoms with van der Waals surface area (Å²) in [5, 5.41) is 0. The van der Waals surface area contributed by atoms with E-state index < -0.39 is 0 Å². The lowest BCUT2D eigenvalue weighted by Crippen LogP contribution is -2.29. The fraction of sp³-hybridized carbons (Fsp3) is 0.684. The molecule has 4 rings (SSSR count). The van der Waals surface area contributed by atoms with Gasteiger partial charge >= 0.3 is 0 Å². The summed E-state index contributed by atoms with van der Waals surface area (Å²) < 4.78 is 3.17. The first-order valence-electron chi connectivity index (χ1n) is 8.66. The standard InChI is InChI=1S/C19H26S2/c1-13-12-16-18(20-13)17(14(2)21-16)15-6-10-19(11-7-15)8-4-3-5-9-19/h12,15H,3-11H2,1-2H3. The molecule has 0 aliphatic heterocycles. The van der Waals surface area contributed by atoms with Crippen LogP contribution in [0.1, 0.15) is 79.0 Å². The Hall–Kier alpha value is -0.340. The Morgan fingerprint density at radius 3 is 2.38 bits per heavy atom. The Labute approximate surface area is 136 Å². The van der Waals surface area contributed by atoms with Gasteiger partial charge in [-0.2, -0.15) is 0 Å². The largest absolute Gasteiger partial charge is 0.139 e. The van der Waals surface area contributed by atoms with E-state index in [1.54, 1.807) is 19.8 Å². The maximum atomic E-state index is 2.40. The van der Waals surface area contributed by atoms with Crippen molar-refractivity contribution < 1.29 is 0 Å². The molecule has 2 aromatic rings. The zero-order chi connectivity index (χ0) is 14.4. The third kappa shape index (κ3) is 2.49. The maximum Gasteiger partial charge on any atom is 0.0490 e. The number of aryl methyl sites for hydroxylation is 2. The van der Waals surface area contributed by atoms with Crippen molar-refractivity contribution in [3.63, 3.8) is 0 Å². The van der Waals surface area contributed by atoms with Crippen molar-refractivity contribution in [1.82, 2.24) is 0 Å². The molecule has 2 aliphatic carbocycles. The molecule has 0 saturated heterocycles. The molecule has 1 spiro atoms. The average Bonchev–Trinajstić information content (AvgIpc) is 2.96. The Morgan fingerprint density at radius 2 is 1.67 bits per heavy atom. The Bertz CT molecular complexity index is 630. The van der Waals surface area contributed by atoms with Gasteiger partial charge in [0.05, 0.1) is 0 Å². The molecule has 2 saturated carbocycles. The highest BCUT2D eigenvalue weighted by Gasteiger charge is 2.37. The number of hydrogen-bond donors (Lipinski definition) is 0. The third-order valence-corrected chi connectivity index (χ3v) is 8.36. The van der Waals surface area contributed by atoms with Crippen molar-refractivity contribution >= 4 is 32.1 Å². The van der Waals surface area contributed by atoms with Crippen LogP contribution in [0.3, 0.4) is 0 Å². The minimum Gasteiger partial charge on any atom is -0.139 e. The van der Waals surface area contributed by atoms with E-state index in [1.165, 1.54) is 62.7 Å². The van der Waals surface area contributed by atoms with Crippen LogP contribution < -0.4 is 0 Å². The van der Waals surface area contributed by atoms with Crippen LogP contribution in [-0.4, -0.2) is 0 Å². The van der Waals surface area contributed by atoms with Crippen molar-refractivity contribution in [3.05, 3.63) is 21.4 Å². The summed E-state index contributed by atoms with van der Waals surface area (Å²) >= 11 is 4.06. The molecule has 0 N–H and O–H groups in total. The van der Waals surface area contributed by atoms with Crippen molar-refractivity contribution in [2.75, 3.05) is 0 Å². The van der Waals surface area contributed by atoms with Gasteiger partial charge in [-0.1, -0.05) is 19.3 Å². The first-order chi connectivity index (χ1) is 10.2. The fourth-order valence-corrected chi connectivity index (χ4v) is 7.55. The second-order valence-electron chi connectivity index (χ2n) is 7.46. The van der Waals surface area contributed by atoms with E-state index in [4.69, 9.17) is 0 Å². The van der Waals surface area contributed by atoms with Crippen LogP contribution in [0.15, 0.2) is 6.07 Å². The molecule has 2 heterocycles. The summed E-state index contributed by atoms with van der Waals surface area (Å²) in [5.74, 6) is 0.851. The minimum atomic E-state index is 0.753. The summed E-state index contributed by atoms with van der Waals surface area (Å²) in [6, 6.07) is 2.40. The Balaban J connectivity index is 1.58. The Morgan fingerprint density at radius 1 is 0.952 bits per heavy atom. The lowest BCUT2D eigenvalue weighted by atomic mass is 9.62. The van der Waals surface area contributed by atoms with Gasteiger partial charge in [-0.05, 0) is 75.3 Å². The van der Waals surface area contributed by atoms with Gasteiger partial charge in [-0.25, -0.2) is 0 Å². The molecule has 2 aliphatic rings. The van der Waals surface area contributed by atoms with Crippen LogP contribution in [0.2, 0.25) is 0 Å². The summed E-state index contributed by atoms with van der Waals surface area (Å²) in [6.07, 6.45) is 13.4. The molecule has 21 heavy (non-hydrogen) atoms. The van der Waals surface area contributed by atoms with Crippen LogP contribution in [0.4, 0.5) is 0 Å². The highest BCUT2D eigenvalue weighted by Crippen LogP contribution is 2.53. The van der Waals surface area contributed by atoms with Gasteiger partial charge in [0.1, 0.15) is 0 Å². The van der Waals surface area contributed by atoms with E-state index in [-0.39, 0.29) is 0 Å². The number of rotatable bonds is 1. The number of fused-ring (bicyclic) bond motifs is 1. The highest BCUT2D eigenvalue weighted by molar-refractivity contribution is 7.28. The van der Waals surface area contributed by atoms with E-state index in [0.29, 0.717) is 0 Å². The van der Waals surface area contributed by atoms with E-state index in [9.17, 15) is 0 Å². The molecule has 0 unspecified atom stereocenters. The molecule has 0 radical (unpaired) electrons. The zero-order valence-corrected chi connectivity index (χ0v) is 15.0. The molecule has 0 nitrogen and oxygen atoms in total. The van der Waals surface area contributed by atoms with Gasteiger partial charge < -0.3 is 0 Å². The SMILES string of the molecule is Cc1cc2sc(C)c(C3CCC4(CCCCC4)CC3)c2s1. The molecular weight excluding hydrogens is 292 g/mol. The second-order valence-corrected chi connectivity index (χ2v) is 9.97. The fourth-order valence-electron chi connectivity index (χ4n) is 4.93. The smallest absolute Gasteiger partial charge is 0.0490 e. The molecule has 2 fully saturated rings. The lowest BCUT2D eigenvalue weighted by molar-refractivity contribution is 0.114. The predicted molar refractivity (Wildman–Crippen MR) is 95.9 cm³/mol. The van der Waals surface area contributed by atoms with Gasteiger partial charge in [0.15, 0.2) is 0 Å². The quantitative estimate of drug-likeness (QED) is 0.522. The topological polar surface area (TPSA) is 0 Å². The van der Waals surface area contributed by atoms with Crippen LogP contribution >= 0.6 is 22.7 Å². The molecule has 2 heteroatoms. The van der Waals surface area contributed by atoms with Crippen molar-refractivity contribution in [2.24, 2.45) is 5.41 Å². The minimum absolute atomic E-state index is 0.753. The molecule has 0 atom stereocenters. The summed E-state index contributed by atoms with van der Waals surface area (Å²) in [6.45, 7) is 4.61. The van der Waals surface area contributed by atoms with Crippen molar-refractivity contribution in [1.29, 1.82) is 0 Å². The molecule has 0 bridgehead atoms. The van der Waals surface area contributed by atoms with Gasteiger partial charge in [-0.3, -0.25) is 0 Å². The van der Waals surface area contributed by atoms with E-state index in [1.807, 2.05) is 22.7 Å². The molecule has 0 amide bonds. The van der Waals surface area contributed by atoms with Crippen molar-refractivity contribution in [2.45, 2.75) is 77.6 Å². The van der Waals surface area contributed by atoms with Crippen LogP contribution in [-0.2, 0) is 0 Å². The number of thiophene rings is 2. The van der Waals surface area contributed by atoms with Crippen LogP contribution in [0.5, 0.6) is 0 Å². The molecule has 2 aromatic heterocycles. The average molecular weight is 319 g/mol. The normalized spacial score (nSPS) is 23.1. The summed E-state index contributed by atoms with van der Waals surface area (Å²) in [4.78, 5) is 3.08. The van der Waals surface area contributed by atoms with Gasteiger partial charge in [-0.15, -0.1) is 22.7 Å². The van der Waals surface area contributed by atoms with E-state index in [2.05, 4.69) is 19.9 Å². The van der Waals surface area contributed by atoms with E-state index in [0.717, 1.165) is 11.3 Å². The van der Waals surface area contributed by atoms with Gasteiger partial charge in [0, 0.05) is 19.2 Å². The first kappa shape index (κ1) is 14.3.